The van der Waals surface area contributed by atoms with Gasteiger partial charge >= 0.3 is 5.69 Å². The zero-order chi connectivity index (χ0) is 19.2. The highest BCUT2D eigenvalue weighted by Crippen LogP contribution is 2.43. The van der Waals surface area contributed by atoms with Crippen LogP contribution in [0.4, 0.5) is 5.69 Å². The van der Waals surface area contributed by atoms with Crippen molar-refractivity contribution in [2.24, 2.45) is 0 Å². The van der Waals surface area contributed by atoms with Crippen LogP contribution < -0.4 is 0 Å². The van der Waals surface area contributed by atoms with Crippen molar-refractivity contribution in [2.45, 2.75) is 20.8 Å². The molecule has 0 amide bonds. The Morgan fingerprint density at radius 1 is 1.12 bits per heavy atom. The van der Waals surface area contributed by atoms with Crippen molar-refractivity contribution in [2.75, 3.05) is 0 Å². The van der Waals surface area contributed by atoms with Gasteiger partial charge in [0, 0.05) is 11.4 Å². The van der Waals surface area contributed by atoms with Gasteiger partial charge in [-0.25, -0.2) is 0 Å². The van der Waals surface area contributed by atoms with Crippen LogP contribution in [0.1, 0.15) is 40.3 Å². The molecule has 2 aromatic carbocycles. The molecule has 0 saturated heterocycles. The van der Waals surface area contributed by atoms with Crippen LogP contribution in [0, 0.1) is 17.0 Å². The number of phenolic OH excluding ortho intramolecular Hbond substituents is 1. The highest BCUT2D eigenvalue weighted by atomic mass is 16.6. The first-order valence-corrected chi connectivity index (χ1v) is 7.88. The lowest BCUT2D eigenvalue weighted by Crippen LogP contribution is -2.00. The van der Waals surface area contributed by atoms with Gasteiger partial charge < -0.3 is 9.67 Å². The van der Waals surface area contributed by atoms with Gasteiger partial charge in [-0.3, -0.25) is 19.7 Å². The topological polar surface area (TPSA) is 102 Å². The van der Waals surface area contributed by atoms with Crippen molar-refractivity contribution in [3.63, 3.8) is 0 Å². The minimum atomic E-state index is -0.759. The molecule has 132 valence electrons. The molecular weight excluding hydrogens is 336 g/mol. The minimum absolute atomic E-state index is 0.0337. The number of benzene rings is 2. The number of rotatable bonds is 4. The molecule has 0 radical (unpaired) electrons. The van der Waals surface area contributed by atoms with Gasteiger partial charge in [0.05, 0.1) is 27.0 Å². The van der Waals surface area contributed by atoms with E-state index in [2.05, 4.69) is 0 Å². The van der Waals surface area contributed by atoms with Crippen LogP contribution >= 0.6 is 0 Å². The molecule has 3 aromatic rings. The van der Waals surface area contributed by atoms with Crippen molar-refractivity contribution in [3.05, 3.63) is 63.3 Å². The first-order chi connectivity index (χ1) is 12.3. The second kappa shape index (κ2) is 6.11. The summed E-state index contributed by atoms with van der Waals surface area (Å²) in [5.74, 6) is -1.58. The standard InChI is InChI=1S/C19H16N2O5/c1-10-16(12(3)23)17-15(20(10)13-7-5-4-6-8-13)9-14(11(2)22)19(24)18(17)21(25)26/h4-9,24H,1-3H3. The number of hydrogen-bond acceptors (Lipinski definition) is 5. The van der Waals surface area contributed by atoms with Gasteiger partial charge in [0.1, 0.15) is 0 Å². The number of aromatic hydroxyl groups is 1. The highest BCUT2D eigenvalue weighted by Gasteiger charge is 2.31. The molecule has 0 saturated carbocycles. The molecule has 0 aliphatic carbocycles. The molecule has 0 aliphatic rings. The van der Waals surface area contributed by atoms with E-state index in [1.807, 2.05) is 6.07 Å². The third-order valence-corrected chi connectivity index (χ3v) is 4.37. The monoisotopic (exact) mass is 352 g/mol. The van der Waals surface area contributed by atoms with Crippen molar-refractivity contribution >= 4 is 28.2 Å². The van der Waals surface area contributed by atoms with Gasteiger partial charge in [-0.05, 0) is 39.0 Å². The lowest BCUT2D eigenvalue weighted by Gasteiger charge is -2.09. The predicted octanol–water partition coefficient (Wildman–Crippen LogP) is 3.96. The summed E-state index contributed by atoms with van der Waals surface area (Å²) >= 11 is 0. The Morgan fingerprint density at radius 2 is 1.73 bits per heavy atom. The van der Waals surface area contributed by atoms with Crippen LogP contribution in [0.5, 0.6) is 5.75 Å². The quantitative estimate of drug-likeness (QED) is 0.435. The number of nitrogens with zero attached hydrogens (tertiary/aromatic N) is 2. The minimum Gasteiger partial charge on any atom is -0.502 e. The Kier molecular flexibility index (Phi) is 4.07. The van der Waals surface area contributed by atoms with E-state index in [9.17, 15) is 24.8 Å². The van der Waals surface area contributed by atoms with Crippen LogP contribution in [0.3, 0.4) is 0 Å². The second-order valence-corrected chi connectivity index (χ2v) is 6.02. The fourth-order valence-corrected chi connectivity index (χ4v) is 3.33. The highest BCUT2D eigenvalue weighted by molar-refractivity contribution is 6.15. The molecule has 0 aliphatic heterocycles. The summed E-state index contributed by atoms with van der Waals surface area (Å²) in [7, 11) is 0. The van der Waals surface area contributed by atoms with Crippen LogP contribution in [-0.4, -0.2) is 26.2 Å². The van der Waals surface area contributed by atoms with Crippen molar-refractivity contribution in [3.8, 4) is 11.4 Å². The Bertz CT molecular complexity index is 1080. The molecule has 1 heterocycles. The molecular formula is C19H16N2O5. The third kappa shape index (κ3) is 2.45. The Balaban J connectivity index is 2.63. The number of aromatic nitrogens is 1. The van der Waals surface area contributed by atoms with Crippen LogP contribution in [-0.2, 0) is 0 Å². The van der Waals surface area contributed by atoms with E-state index in [0.29, 0.717) is 16.9 Å². The Hall–Kier alpha value is -3.48. The molecule has 1 aromatic heterocycles. The smallest absolute Gasteiger partial charge is 0.321 e. The SMILES string of the molecule is CC(=O)c1cc2c(c(C(C)=O)c(C)n2-c2ccccc2)c([N+](=O)[O-])c1O. The summed E-state index contributed by atoms with van der Waals surface area (Å²) in [6, 6.07) is 10.4. The Labute approximate surface area is 148 Å². The molecule has 0 atom stereocenters. The summed E-state index contributed by atoms with van der Waals surface area (Å²) in [6.07, 6.45) is 0. The molecule has 26 heavy (non-hydrogen) atoms. The summed E-state index contributed by atoms with van der Waals surface area (Å²) in [5.41, 5.74) is 0.887. The summed E-state index contributed by atoms with van der Waals surface area (Å²) in [4.78, 5) is 35.0. The van der Waals surface area contributed by atoms with Crippen LogP contribution in [0.2, 0.25) is 0 Å². The molecule has 7 heteroatoms. The average molecular weight is 352 g/mol. The molecule has 0 bridgehead atoms. The second-order valence-electron chi connectivity index (χ2n) is 6.02. The number of Topliss-reactive ketones (excluding diaryl/α,β-unsaturated/α-hetero) is 2. The van der Waals surface area contributed by atoms with E-state index in [-0.39, 0.29) is 22.3 Å². The number of nitro benzene ring substituents is 1. The lowest BCUT2D eigenvalue weighted by molar-refractivity contribution is -0.384. The number of carbonyl (C=O) groups excluding carboxylic acids is 2. The third-order valence-electron chi connectivity index (χ3n) is 4.37. The van der Waals surface area contributed by atoms with Crippen LogP contribution in [0.15, 0.2) is 36.4 Å². The number of nitro groups is 1. The van der Waals surface area contributed by atoms with Crippen molar-refractivity contribution in [1.29, 1.82) is 0 Å². The first-order valence-electron chi connectivity index (χ1n) is 7.88. The number of carbonyl (C=O) groups is 2. The maximum Gasteiger partial charge on any atom is 0.321 e. The number of hydrogen-bond donors (Lipinski definition) is 1. The fourth-order valence-electron chi connectivity index (χ4n) is 3.33. The lowest BCUT2D eigenvalue weighted by atomic mass is 10.0. The zero-order valence-electron chi connectivity index (χ0n) is 14.4. The molecule has 0 fully saturated rings. The van der Waals surface area contributed by atoms with Gasteiger partial charge in [0.15, 0.2) is 11.6 Å². The largest absolute Gasteiger partial charge is 0.502 e. The first kappa shape index (κ1) is 17.3. The van der Waals surface area contributed by atoms with Crippen molar-refractivity contribution < 1.29 is 19.6 Å². The number of phenols is 1. The normalized spacial score (nSPS) is 10.9. The summed E-state index contributed by atoms with van der Waals surface area (Å²) < 4.78 is 1.69. The van der Waals surface area contributed by atoms with Gasteiger partial charge in [0.2, 0.25) is 5.75 Å². The van der Waals surface area contributed by atoms with Gasteiger partial charge in [0.25, 0.3) is 0 Å². The van der Waals surface area contributed by atoms with E-state index in [1.165, 1.54) is 19.9 Å². The van der Waals surface area contributed by atoms with E-state index in [1.54, 1.807) is 35.8 Å². The molecule has 0 unspecified atom stereocenters. The van der Waals surface area contributed by atoms with Crippen LogP contribution in [0.25, 0.3) is 16.6 Å². The van der Waals surface area contributed by atoms with E-state index < -0.39 is 22.1 Å². The molecule has 0 spiro atoms. The molecule has 3 rings (SSSR count). The molecule has 1 N–H and O–H groups in total. The fraction of sp³-hybridized carbons (Fsp3) is 0.158. The summed E-state index contributed by atoms with van der Waals surface area (Å²) in [6.45, 7) is 4.22. The van der Waals surface area contributed by atoms with E-state index >= 15 is 0 Å². The van der Waals surface area contributed by atoms with Gasteiger partial charge in [-0.15, -0.1) is 0 Å². The summed E-state index contributed by atoms with van der Waals surface area (Å²) in [5, 5.41) is 22.0. The predicted molar refractivity (Wildman–Crippen MR) is 96.3 cm³/mol. The maximum absolute atomic E-state index is 12.2. The average Bonchev–Trinajstić information content (AvgIpc) is 2.85. The van der Waals surface area contributed by atoms with Gasteiger partial charge in [-0.2, -0.15) is 0 Å². The van der Waals surface area contributed by atoms with Crippen molar-refractivity contribution in [1.82, 2.24) is 4.57 Å². The number of para-hydroxylation sites is 1. The maximum atomic E-state index is 12.2. The Morgan fingerprint density at radius 3 is 2.23 bits per heavy atom. The number of ketones is 2. The van der Waals surface area contributed by atoms with E-state index in [4.69, 9.17) is 0 Å². The zero-order valence-corrected chi connectivity index (χ0v) is 14.4. The van der Waals surface area contributed by atoms with Gasteiger partial charge in [-0.1, -0.05) is 18.2 Å². The molecule has 7 nitrogen and oxygen atoms in total. The van der Waals surface area contributed by atoms with E-state index in [0.717, 1.165) is 0 Å². The number of fused-ring (bicyclic) bond motifs is 1.